The molecule has 2 aromatic heterocycles. The molecule has 0 aliphatic rings. The maximum Gasteiger partial charge on any atom is 0.266 e. The number of benzene rings is 3. The number of fused-ring (bicyclic) bond motifs is 1. The number of hydrogen-bond donors (Lipinski definition) is 1. The molecule has 3 aromatic carbocycles. The molecule has 5 rings (SSSR count). The first kappa shape index (κ1) is 22.9. The summed E-state index contributed by atoms with van der Waals surface area (Å²) in [7, 11) is 0. The van der Waals surface area contributed by atoms with Crippen LogP contribution in [0.5, 0.6) is 0 Å². The average molecular weight is 503 g/mol. The lowest BCUT2D eigenvalue weighted by Gasteiger charge is -2.15. The van der Waals surface area contributed by atoms with E-state index in [4.69, 9.17) is 0 Å². The minimum atomic E-state index is -0.319. The first-order valence-corrected chi connectivity index (χ1v) is 12.6. The van der Waals surface area contributed by atoms with E-state index in [1.165, 1.54) is 35.2 Å². The Morgan fingerprint density at radius 3 is 2.57 bits per heavy atom. The second kappa shape index (κ2) is 9.81. The van der Waals surface area contributed by atoms with Gasteiger partial charge < -0.3 is 5.32 Å². The Morgan fingerprint density at radius 1 is 1.03 bits per heavy atom. The summed E-state index contributed by atoms with van der Waals surface area (Å²) in [5, 5.41) is 5.99. The zero-order chi connectivity index (χ0) is 24.4. The van der Waals surface area contributed by atoms with Gasteiger partial charge in [-0.3, -0.25) is 14.2 Å². The van der Waals surface area contributed by atoms with Crippen LogP contribution in [0.3, 0.4) is 0 Å². The lowest BCUT2D eigenvalue weighted by atomic mass is 10.2. The molecule has 6 nitrogen and oxygen atoms in total. The summed E-state index contributed by atoms with van der Waals surface area (Å²) in [6, 6.07) is 20.8. The number of rotatable bonds is 6. The number of aryl methyl sites for hydroxylation is 1. The highest BCUT2D eigenvalue weighted by molar-refractivity contribution is 7.99. The maximum atomic E-state index is 13.4. The van der Waals surface area contributed by atoms with Crippen molar-refractivity contribution in [3.63, 3.8) is 0 Å². The molecule has 0 aliphatic carbocycles. The van der Waals surface area contributed by atoms with Crippen LogP contribution in [0.1, 0.15) is 5.56 Å². The van der Waals surface area contributed by atoms with Crippen molar-refractivity contribution in [1.29, 1.82) is 0 Å². The lowest BCUT2D eigenvalue weighted by molar-refractivity contribution is -0.113. The number of nitrogens with one attached hydrogen (secondary N) is 1. The number of thiazole rings is 1. The van der Waals surface area contributed by atoms with Crippen LogP contribution in [-0.4, -0.2) is 26.2 Å². The van der Waals surface area contributed by atoms with Crippen molar-refractivity contribution < 1.29 is 9.18 Å². The Bertz CT molecular complexity index is 1600. The van der Waals surface area contributed by atoms with Crippen LogP contribution in [0, 0.1) is 12.7 Å². The summed E-state index contributed by atoms with van der Waals surface area (Å²) < 4.78 is 14.7. The van der Waals surface area contributed by atoms with Crippen molar-refractivity contribution >= 4 is 45.0 Å². The van der Waals surface area contributed by atoms with Gasteiger partial charge in [0.1, 0.15) is 5.82 Å². The predicted molar refractivity (Wildman–Crippen MR) is 139 cm³/mol. The number of hydrogen-bond acceptors (Lipinski definition) is 6. The van der Waals surface area contributed by atoms with Gasteiger partial charge in [0.15, 0.2) is 10.3 Å². The number of anilines is 1. The Labute approximate surface area is 208 Å². The van der Waals surface area contributed by atoms with Gasteiger partial charge in [-0.15, -0.1) is 11.3 Å². The molecule has 0 unspecified atom stereocenters. The van der Waals surface area contributed by atoms with E-state index < -0.39 is 0 Å². The number of amides is 1. The summed E-state index contributed by atoms with van der Waals surface area (Å²) in [4.78, 5) is 35.2. The highest BCUT2D eigenvalue weighted by atomic mass is 32.2. The van der Waals surface area contributed by atoms with Crippen LogP contribution in [0.25, 0.3) is 27.8 Å². The van der Waals surface area contributed by atoms with E-state index in [1.807, 2.05) is 43.3 Å². The third-order valence-corrected chi connectivity index (χ3v) is 7.02. The first-order valence-electron chi connectivity index (χ1n) is 10.7. The van der Waals surface area contributed by atoms with Crippen molar-refractivity contribution in [3.05, 3.63) is 99.9 Å². The van der Waals surface area contributed by atoms with Gasteiger partial charge in [-0.05, 0) is 55.0 Å². The molecule has 0 saturated carbocycles. The summed E-state index contributed by atoms with van der Waals surface area (Å²) in [5.41, 5.74) is 3.46. The highest BCUT2D eigenvalue weighted by Gasteiger charge is 2.16. The quantitative estimate of drug-likeness (QED) is 0.239. The van der Waals surface area contributed by atoms with Crippen LogP contribution in [0.15, 0.2) is 88.1 Å². The molecule has 0 radical (unpaired) electrons. The van der Waals surface area contributed by atoms with Gasteiger partial charge in [0.2, 0.25) is 5.91 Å². The van der Waals surface area contributed by atoms with Crippen LogP contribution in [0.4, 0.5) is 9.52 Å². The molecule has 0 spiro atoms. The fourth-order valence-electron chi connectivity index (χ4n) is 3.61. The van der Waals surface area contributed by atoms with Crippen molar-refractivity contribution in [2.75, 3.05) is 11.1 Å². The second-order valence-electron chi connectivity index (χ2n) is 7.72. The number of para-hydroxylation sites is 2. The van der Waals surface area contributed by atoms with E-state index >= 15 is 0 Å². The smallest absolute Gasteiger partial charge is 0.266 e. The summed E-state index contributed by atoms with van der Waals surface area (Å²) >= 11 is 2.47. The lowest BCUT2D eigenvalue weighted by Crippen LogP contribution is -2.23. The average Bonchev–Trinajstić information content (AvgIpc) is 3.32. The van der Waals surface area contributed by atoms with E-state index in [-0.39, 0.29) is 23.0 Å². The number of carbonyl (C=O) groups is 1. The van der Waals surface area contributed by atoms with Gasteiger partial charge in [-0.2, -0.15) is 0 Å². The fourth-order valence-corrected chi connectivity index (χ4v) is 5.15. The van der Waals surface area contributed by atoms with Crippen LogP contribution in [0.2, 0.25) is 0 Å². The largest absolute Gasteiger partial charge is 0.301 e. The van der Waals surface area contributed by atoms with Gasteiger partial charge in [0.05, 0.1) is 28.0 Å². The molecule has 174 valence electrons. The van der Waals surface area contributed by atoms with Gasteiger partial charge in [0.25, 0.3) is 5.56 Å². The Kier molecular flexibility index (Phi) is 6.43. The zero-order valence-corrected chi connectivity index (χ0v) is 20.2. The van der Waals surface area contributed by atoms with Crippen molar-refractivity contribution in [2.45, 2.75) is 12.1 Å². The molecule has 0 atom stereocenters. The van der Waals surface area contributed by atoms with E-state index in [2.05, 4.69) is 15.3 Å². The van der Waals surface area contributed by atoms with Crippen molar-refractivity contribution in [2.24, 2.45) is 0 Å². The number of thioether (sulfide) groups is 1. The third kappa shape index (κ3) is 4.87. The molecule has 9 heteroatoms. The minimum Gasteiger partial charge on any atom is -0.301 e. The summed E-state index contributed by atoms with van der Waals surface area (Å²) in [6.07, 6.45) is 0. The summed E-state index contributed by atoms with van der Waals surface area (Å²) in [5.74, 6) is -0.544. The normalized spacial score (nSPS) is 11.0. The molecular formula is C26H19FN4O2S2. The first-order chi connectivity index (χ1) is 17.0. The molecule has 0 bridgehead atoms. The summed E-state index contributed by atoms with van der Waals surface area (Å²) in [6.45, 7) is 1.93. The van der Waals surface area contributed by atoms with Gasteiger partial charge in [0, 0.05) is 10.9 Å². The molecule has 1 N–H and O–H groups in total. The van der Waals surface area contributed by atoms with E-state index in [0.29, 0.717) is 26.9 Å². The second-order valence-corrected chi connectivity index (χ2v) is 9.52. The highest BCUT2D eigenvalue weighted by Crippen LogP contribution is 2.26. The molecule has 5 aromatic rings. The van der Waals surface area contributed by atoms with Crippen molar-refractivity contribution in [3.8, 4) is 16.9 Å². The molecule has 35 heavy (non-hydrogen) atoms. The van der Waals surface area contributed by atoms with Crippen molar-refractivity contribution in [1.82, 2.24) is 14.5 Å². The van der Waals surface area contributed by atoms with Gasteiger partial charge in [-0.1, -0.05) is 42.1 Å². The molecule has 1 amide bonds. The van der Waals surface area contributed by atoms with Crippen LogP contribution in [-0.2, 0) is 4.79 Å². The Morgan fingerprint density at radius 2 is 1.77 bits per heavy atom. The topological polar surface area (TPSA) is 76.9 Å². The molecular weight excluding hydrogens is 483 g/mol. The SMILES string of the molecule is Cc1ccccc1-n1c(SCC(=O)Nc2nc(-c3ccc(F)cc3)cs2)nc2ccccc2c1=O. The molecule has 0 fully saturated rings. The van der Waals surface area contributed by atoms with Crippen LogP contribution < -0.4 is 10.9 Å². The number of carbonyl (C=O) groups excluding carboxylic acids is 1. The molecule has 2 heterocycles. The number of nitrogens with zero attached hydrogens (tertiary/aromatic N) is 3. The van der Waals surface area contributed by atoms with Gasteiger partial charge in [-0.25, -0.2) is 14.4 Å². The van der Waals surface area contributed by atoms with E-state index in [1.54, 1.807) is 34.2 Å². The molecule has 0 saturated heterocycles. The maximum absolute atomic E-state index is 13.4. The van der Waals surface area contributed by atoms with E-state index in [0.717, 1.165) is 16.8 Å². The number of aromatic nitrogens is 3. The standard InChI is InChI=1S/C26H19FN4O2S2/c1-16-6-2-5-9-22(16)31-24(33)19-7-3-4-8-20(19)29-26(31)35-15-23(32)30-25-28-21(14-34-25)17-10-12-18(27)13-11-17/h2-14H,15H2,1H3,(H,28,30,32). The fraction of sp³-hybridized carbons (Fsp3) is 0.0769. The monoisotopic (exact) mass is 502 g/mol. The third-order valence-electron chi connectivity index (χ3n) is 5.32. The minimum absolute atomic E-state index is 0.0438. The zero-order valence-electron chi connectivity index (χ0n) is 18.6. The Hall–Kier alpha value is -3.82. The van der Waals surface area contributed by atoms with Gasteiger partial charge >= 0.3 is 0 Å². The molecule has 0 aliphatic heterocycles. The Balaban J connectivity index is 1.39. The number of halogens is 1. The predicted octanol–water partition coefficient (Wildman–Crippen LogP) is 5.69. The van der Waals surface area contributed by atoms with Crippen LogP contribution >= 0.6 is 23.1 Å². The van der Waals surface area contributed by atoms with E-state index in [9.17, 15) is 14.0 Å².